The van der Waals surface area contributed by atoms with Crippen LogP contribution in [0.5, 0.6) is 0 Å². The maximum Gasteiger partial charge on any atom is 0.326 e. The molecule has 1 aliphatic rings. The van der Waals surface area contributed by atoms with E-state index in [1.165, 1.54) is 12.1 Å². The Morgan fingerprint density at radius 2 is 1.76 bits per heavy atom. The number of anilines is 1. The van der Waals surface area contributed by atoms with Crippen molar-refractivity contribution in [2.24, 2.45) is 0 Å². The van der Waals surface area contributed by atoms with E-state index < -0.39 is 0 Å². The molecule has 2 aromatic heterocycles. The Kier molecular flexibility index (Phi) is 5.99. The van der Waals surface area contributed by atoms with Gasteiger partial charge in [-0.05, 0) is 48.4 Å². The average Bonchev–Trinajstić information content (AvgIpc) is 3.23. The minimum absolute atomic E-state index is 0.0136. The molecule has 0 spiro atoms. The standard InChI is InChI=1S/C27H23FN4O2/c28-20-10-8-19(9-11-20)18-31-15-16-32(27(31)34)26-17-23(22-6-1-2-7-24(22)30-26)25(33)13-12-21-5-3-4-14-29-21/h1-11,14,17H,12-13,15-16,18H2. The van der Waals surface area contributed by atoms with Gasteiger partial charge in [-0.3, -0.25) is 14.7 Å². The van der Waals surface area contributed by atoms with Crippen LogP contribution in [0.2, 0.25) is 0 Å². The van der Waals surface area contributed by atoms with Crippen LogP contribution in [0.4, 0.5) is 15.0 Å². The molecule has 3 heterocycles. The number of pyridine rings is 2. The number of nitrogens with zero attached hydrogens (tertiary/aromatic N) is 4. The largest absolute Gasteiger partial charge is 0.326 e. The number of para-hydroxylation sites is 1. The number of ketones is 1. The fourth-order valence-electron chi connectivity index (χ4n) is 4.20. The summed E-state index contributed by atoms with van der Waals surface area (Å²) in [5.41, 5.74) is 2.95. The summed E-state index contributed by atoms with van der Waals surface area (Å²) < 4.78 is 13.2. The number of carbonyl (C=O) groups excluding carboxylic acids is 2. The first-order valence-corrected chi connectivity index (χ1v) is 11.2. The highest BCUT2D eigenvalue weighted by Crippen LogP contribution is 2.27. The third kappa shape index (κ3) is 4.50. The number of Topliss-reactive ketones (excluding diaryl/α,β-unsaturated/α-hetero) is 1. The third-order valence-electron chi connectivity index (χ3n) is 6.00. The molecule has 1 aliphatic heterocycles. The fourth-order valence-corrected chi connectivity index (χ4v) is 4.20. The predicted molar refractivity (Wildman–Crippen MR) is 128 cm³/mol. The molecule has 0 saturated carbocycles. The zero-order valence-corrected chi connectivity index (χ0v) is 18.5. The fraction of sp³-hybridized carbons (Fsp3) is 0.185. The van der Waals surface area contributed by atoms with E-state index in [-0.39, 0.29) is 17.6 Å². The lowest BCUT2D eigenvalue weighted by molar-refractivity contribution is 0.0984. The van der Waals surface area contributed by atoms with Gasteiger partial charge in [0.15, 0.2) is 5.78 Å². The van der Waals surface area contributed by atoms with Crippen LogP contribution in [0.3, 0.4) is 0 Å². The number of halogens is 1. The molecule has 0 N–H and O–H groups in total. The van der Waals surface area contributed by atoms with Crippen LogP contribution in [-0.4, -0.2) is 39.8 Å². The summed E-state index contributed by atoms with van der Waals surface area (Å²) in [4.78, 5) is 38.7. The normalized spacial score (nSPS) is 13.6. The molecule has 2 amide bonds. The van der Waals surface area contributed by atoms with Crippen LogP contribution in [0.1, 0.15) is 28.0 Å². The van der Waals surface area contributed by atoms with Crippen molar-refractivity contribution >= 4 is 28.5 Å². The molecule has 5 rings (SSSR count). The van der Waals surface area contributed by atoms with Gasteiger partial charge in [0, 0.05) is 48.9 Å². The maximum absolute atomic E-state index is 13.2. The Balaban J connectivity index is 1.39. The molecule has 34 heavy (non-hydrogen) atoms. The van der Waals surface area contributed by atoms with Crippen molar-refractivity contribution in [3.8, 4) is 0 Å². The highest BCUT2D eigenvalue weighted by atomic mass is 19.1. The van der Waals surface area contributed by atoms with Gasteiger partial charge in [0.05, 0.1) is 5.52 Å². The predicted octanol–water partition coefficient (Wildman–Crippen LogP) is 5.03. The van der Waals surface area contributed by atoms with Crippen molar-refractivity contribution in [1.29, 1.82) is 0 Å². The Morgan fingerprint density at radius 3 is 2.56 bits per heavy atom. The monoisotopic (exact) mass is 454 g/mol. The molecule has 0 aliphatic carbocycles. The van der Waals surface area contributed by atoms with E-state index in [0.717, 1.165) is 16.6 Å². The SMILES string of the molecule is O=C(CCc1ccccn1)c1cc(N2CCN(Cc3ccc(F)cc3)C2=O)nc2ccccc12. The molecule has 1 saturated heterocycles. The summed E-state index contributed by atoms with van der Waals surface area (Å²) in [6.45, 7) is 1.37. The molecule has 0 unspecified atom stereocenters. The highest BCUT2D eigenvalue weighted by Gasteiger charge is 2.31. The van der Waals surface area contributed by atoms with Crippen LogP contribution in [0, 0.1) is 5.82 Å². The van der Waals surface area contributed by atoms with Gasteiger partial charge in [-0.2, -0.15) is 0 Å². The summed E-state index contributed by atoms with van der Waals surface area (Å²) in [5.74, 6) is 0.144. The zero-order valence-electron chi connectivity index (χ0n) is 18.5. The van der Waals surface area contributed by atoms with Gasteiger partial charge in [-0.1, -0.05) is 36.4 Å². The number of hydrogen-bond donors (Lipinski definition) is 0. The Labute approximate surface area is 196 Å². The van der Waals surface area contributed by atoms with Crippen LogP contribution in [0.15, 0.2) is 79.0 Å². The highest BCUT2D eigenvalue weighted by molar-refractivity contribution is 6.09. The van der Waals surface area contributed by atoms with Crippen molar-refractivity contribution in [2.75, 3.05) is 18.0 Å². The number of carbonyl (C=O) groups is 2. The molecule has 7 heteroatoms. The van der Waals surface area contributed by atoms with Gasteiger partial charge in [-0.15, -0.1) is 0 Å². The molecule has 0 atom stereocenters. The third-order valence-corrected chi connectivity index (χ3v) is 6.00. The first-order chi connectivity index (χ1) is 16.6. The van der Waals surface area contributed by atoms with E-state index >= 15 is 0 Å². The first-order valence-electron chi connectivity index (χ1n) is 11.2. The Bertz CT molecular complexity index is 1340. The van der Waals surface area contributed by atoms with Crippen LogP contribution < -0.4 is 4.90 Å². The molecule has 2 aromatic carbocycles. The van der Waals surface area contributed by atoms with Crippen molar-refractivity contribution in [3.63, 3.8) is 0 Å². The van der Waals surface area contributed by atoms with Gasteiger partial charge in [0.25, 0.3) is 0 Å². The van der Waals surface area contributed by atoms with Crippen LogP contribution in [0.25, 0.3) is 10.9 Å². The van der Waals surface area contributed by atoms with Crippen molar-refractivity contribution in [2.45, 2.75) is 19.4 Å². The van der Waals surface area contributed by atoms with E-state index in [4.69, 9.17) is 0 Å². The number of aromatic nitrogens is 2. The molecular weight excluding hydrogens is 431 g/mol. The van der Waals surface area contributed by atoms with E-state index in [1.54, 1.807) is 34.2 Å². The average molecular weight is 455 g/mol. The first kappa shape index (κ1) is 21.7. The molecule has 6 nitrogen and oxygen atoms in total. The van der Waals surface area contributed by atoms with Crippen molar-refractivity contribution in [3.05, 3.63) is 102 Å². The molecule has 0 radical (unpaired) electrons. The number of benzene rings is 2. The minimum Gasteiger partial charge on any atom is -0.318 e. The summed E-state index contributed by atoms with van der Waals surface area (Å²) >= 11 is 0. The summed E-state index contributed by atoms with van der Waals surface area (Å²) in [7, 11) is 0. The second-order valence-electron chi connectivity index (χ2n) is 8.27. The number of aryl methyl sites for hydroxylation is 1. The molecule has 4 aromatic rings. The molecule has 170 valence electrons. The van der Waals surface area contributed by atoms with E-state index in [9.17, 15) is 14.0 Å². The van der Waals surface area contributed by atoms with Crippen LogP contribution in [-0.2, 0) is 13.0 Å². The number of rotatable bonds is 7. The van der Waals surface area contributed by atoms with Crippen molar-refractivity contribution in [1.82, 2.24) is 14.9 Å². The number of amides is 2. The molecular formula is C27H23FN4O2. The zero-order chi connectivity index (χ0) is 23.5. The Hall–Kier alpha value is -4.13. The van der Waals surface area contributed by atoms with Crippen LogP contribution >= 0.6 is 0 Å². The summed E-state index contributed by atoms with van der Waals surface area (Å²) in [6.07, 6.45) is 2.57. The second kappa shape index (κ2) is 9.39. The number of urea groups is 1. The topological polar surface area (TPSA) is 66.4 Å². The van der Waals surface area contributed by atoms with E-state index in [0.29, 0.717) is 49.4 Å². The number of fused-ring (bicyclic) bond motifs is 1. The lowest BCUT2D eigenvalue weighted by atomic mass is 10.0. The molecule has 1 fully saturated rings. The second-order valence-corrected chi connectivity index (χ2v) is 8.27. The number of hydrogen-bond acceptors (Lipinski definition) is 4. The van der Waals surface area contributed by atoms with E-state index in [1.807, 2.05) is 42.5 Å². The Morgan fingerprint density at radius 1 is 0.971 bits per heavy atom. The van der Waals surface area contributed by atoms with Gasteiger partial charge >= 0.3 is 6.03 Å². The molecule has 0 bridgehead atoms. The van der Waals surface area contributed by atoms with Gasteiger partial charge in [0.1, 0.15) is 11.6 Å². The lowest BCUT2D eigenvalue weighted by Crippen LogP contribution is -2.32. The van der Waals surface area contributed by atoms with Gasteiger partial charge in [0.2, 0.25) is 0 Å². The smallest absolute Gasteiger partial charge is 0.318 e. The minimum atomic E-state index is -0.307. The van der Waals surface area contributed by atoms with Gasteiger partial charge in [-0.25, -0.2) is 14.2 Å². The summed E-state index contributed by atoms with van der Waals surface area (Å²) in [5, 5.41) is 0.770. The van der Waals surface area contributed by atoms with Gasteiger partial charge < -0.3 is 4.90 Å². The van der Waals surface area contributed by atoms with Crippen molar-refractivity contribution < 1.29 is 14.0 Å². The van der Waals surface area contributed by atoms with E-state index in [2.05, 4.69) is 9.97 Å². The quantitative estimate of drug-likeness (QED) is 0.368. The summed E-state index contributed by atoms with van der Waals surface area (Å²) in [6, 6.07) is 20.8. The maximum atomic E-state index is 13.2. The lowest BCUT2D eigenvalue weighted by Gasteiger charge is -2.19.